The van der Waals surface area contributed by atoms with Crippen LogP contribution in [0.5, 0.6) is 0 Å². The lowest BCUT2D eigenvalue weighted by Gasteiger charge is -2.09. The van der Waals surface area contributed by atoms with Gasteiger partial charge in [0, 0.05) is 10.1 Å². The maximum Gasteiger partial charge on any atom is 0.335 e. The molecule has 122 valence electrons. The van der Waals surface area contributed by atoms with Crippen LogP contribution in [0.2, 0.25) is 0 Å². The van der Waals surface area contributed by atoms with E-state index in [4.69, 9.17) is 9.52 Å². The van der Waals surface area contributed by atoms with Crippen molar-refractivity contribution in [3.8, 4) is 0 Å². The molecule has 5 heteroatoms. The quantitative estimate of drug-likeness (QED) is 0.701. The van der Waals surface area contributed by atoms with Crippen LogP contribution in [0.25, 0.3) is 21.9 Å². The number of carbonyl (C=O) groups is 1. The molecule has 0 radical (unpaired) electrons. The van der Waals surface area contributed by atoms with Gasteiger partial charge in [0.25, 0.3) is 0 Å². The molecule has 0 atom stereocenters. The van der Waals surface area contributed by atoms with Crippen molar-refractivity contribution in [3.05, 3.63) is 52.2 Å². The zero-order valence-electron chi connectivity index (χ0n) is 13.0. The van der Waals surface area contributed by atoms with Crippen molar-refractivity contribution in [2.45, 2.75) is 35.8 Å². The SMILES string of the molecule is O=C(O)c1ccc2oc3cc(SC4CCCC4)ccc3c(=O)c2c1. The second-order valence-electron chi connectivity index (χ2n) is 6.13. The van der Waals surface area contributed by atoms with E-state index < -0.39 is 5.97 Å². The van der Waals surface area contributed by atoms with Gasteiger partial charge in [0.1, 0.15) is 11.2 Å². The summed E-state index contributed by atoms with van der Waals surface area (Å²) in [6.45, 7) is 0. The van der Waals surface area contributed by atoms with Crippen molar-refractivity contribution in [2.75, 3.05) is 0 Å². The highest BCUT2D eigenvalue weighted by molar-refractivity contribution is 8.00. The molecule has 0 aliphatic heterocycles. The van der Waals surface area contributed by atoms with Crippen LogP contribution in [0.15, 0.2) is 50.5 Å². The summed E-state index contributed by atoms with van der Waals surface area (Å²) in [4.78, 5) is 24.9. The van der Waals surface area contributed by atoms with Gasteiger partial charge in [-0.25, -0.2) is 4.79 Å². The Bertz CT molecular complexity index is 999. The Morgan fingerprint density at radius 3 is 2.58 bits per heavy atom. The lowest BCUT2D eigenvalue weighted by Crippen LogP contribution is -2.04. The minimum absolute atomic E-state index is 0.0857. The van der Waals surface area contributed by atoms with Crippen molar-refractivity contribution in [3.63, 3.8) is 0 Å². The average Bonchev–Trinajstić information content (AvgIpc) is 3.07. The van der Waals surface area contributed by atoms with E-state index in [0.717, 1.165) is 4.90 Å². The Labute approximate surface area is 142 Å². The van der Waals surface area contributed by atoms with Gasteiger partial charge < -0.3 is 9.52 Å². The zero-order chi connectivity index (χ0) is 16.7. The molecule has 0 amide bonds. The first kappa shape index (κ1) is 15.3. The highest BCUT2D eigenvalue weighted by Gasteiger charge is 2.17. The van der Waals surface area contributed by atoms with E-state index in [9.17, 15) is 9.59 Å². The lowest BCUT2D eigenvalue weighted by molar-refractivity contribution is 0.0697. The third-order valence-electron chi connectivity index (χ3n) is 4.49. The van der Waals surface area contributed by atoms with E-state index in [-0.39, 0.29) is 11.0 Å². The number of thioether (sulfide) groups is 1. The highest BCUT2D eigenvalue weighted by atomic mass is 32.2. The van der Waals surface area contributed by atoms with Gasteiger partial charge in [-0.2, -0.15) is 0 Å². The van der Waals surface area contributed by atoms with Crippen LogP contribution in [0.1, 0.15) is 36.0 Å². The molecule has 1 N–H and O–H groups in total. The van der Waals surface area contributed by atoms with Crippen molar-refractivity contribution in [1.29, 1.82) is 0 Å². The number of aromatic carboxylic acids is 1. The summed E-state index contributed by atoms with van der Waals surface area (Å²) in [6.07, 6.45) is 5.05. The zero-order valence-corrected chi connectivity index (χ0v) is 13.8. The standard InChI is InChI=1S/C19H16O4S/c20-18-14-7-6-13(24-12-3-1-2-4-12)10-17(14)23-16-8-5-11(19(21)22)9-15(16)18/h5-10,12H,1-4H2,(H,21,22). The molecule has 1 heterocycles. The molecule has 1 aliphatic carbocycles. The van der Waals surface area contributed by atoms with Gasteiger partial charge in [-0.15, -0.1) is 11.8 Å². The first-order valence-electron chi connectivity index (χ1n) is 8.02. The number of hydrogen-bond acceptors (Lipinski definition) is 4. The minimum atomic E-state index is -1.06. The molecule has 3 aromatic rings. The molecule has 0 unspecified atom stereocenters. The second kappa shape index (κ2) is 5.98. The molecule has 0 saturated heterocycles. The van der Waals surface area contributed by atoms with Gasteiger partial charge >= 0.3 is 5.97 Å². The van der Waals surface area contributed by atoms with E-state index in [2.05, 4.69) is 0 Å². The molecule has 1 aliphatic rings. The molecule has 1 saturated carbocycles. The van der Waals surface area contributed by atoms with Crippen molar-refractivity contribution in [2.24, 2.45) is 0 Å². The maximum absolute atomic E-state index is 12.7. The molecule has 0 spiro atoms. The van der Waals surface area contributed by atoms with Crippen LogP contribution in [-0.4, -0.2) is 16.3 Å². The van der Waals surface area contributed by atoms with Crippen LogP contribution < -0.4 is 5.43 Å². The number of benzene rings is 2. The Hall–Kier alpha value is -2.27. The van der Waals surface area contributed by atoms with Gasteiger partial charge in [0.15, 0.2) is 0 Å². The van der Waals surface area contributed by atoms with Gasteiger partial charge in [0.05, 0.1) is 16.3 Å². The van der Waals surface area contributed by atoms with Crippen molar-refractivity contribution >= 4 is 39.7 Å². The normalized spacial score (nSPS) is 15.3. The van der Waals surface area contributed by atoms with E-state index >= 15 is 0 Å². The number of carboxylic acid groups (broad SMARTS) is 1. The summed E-state index contributed by atoms with van der Waals surface area (Å²) in [5.74, 6) is -1.06. The number of carboxylic acids is 1. The van der Waals surface area contributed by atoms with Crippen molar-refractivity contribution < 1.29 is 14.3 Å². The lowest BCUT2D eigenvalue weighted by atomic mass is 10.1. The largest absolute Gasteiger partial charge is 0.478 e. The fraction of sp³-hybridized carbons (Fsp3) is 0.263. The molecule has 4 rings (SSSR count). The predicted octanol–water partition coefficient (Wildman–Crippen LogP) is 4.68. The van der Waals surface area contributed by atoms with Crippen LogP contribution in [-0.2, 0) is 0 Å². The summed E-state index contributed by atoms with van der Waals surface area (Å²) in [6, 6.07) is 10.0. The van der Waals surface area contributed by atoms with Crippen LogP contribution in [0, 0.1) is 0 Å². The van der Waals surface area contributed by atoms with Gasteiger partial charge in [-0.05, 0) is 49.2 Å². The molecule has 0 bridgehead atoms. The molecule has 4 nitrogen and oxygen atoms in total. The number of hydrogen-bond donors (Lipinski definition) is 1. The van der Waals surface area contributed by atoms with E-state index in [1.165, 1.54) is 37.8 Å². The minimum Gasteiger partial charge on any atom is -0.478 e. The fourth-order valence-corrected chi connectivity index (χ4v) is 4.52. The molecule has 2 aromatic carbocycles. The van der Waals surface area contributed by atoms with E-state index in [1.807, 2.05) is 23.9 Å². The molecule has 24 heavy (non-hydrogen) atoms. The van der Waals surface area contributed by atoms with Gasteiger partial charge in [-0.1, -0.05) is 12.8 Å². The molecular formula is C19H16O4S. The van der Waals surface area contributed by atoms with Crippen LogP contribution in [0.3, 0.4) is 0 Å². The summed E-state index contributed by atoms with van der Waals surface area (Å²) in [5, 5.41) is 10.5. The smallest absolute Gasteiger partial charge is 0.335 e. The summed E-state index contributed by atoms with van der Waals surface area (Å²) in [5.41, 5.74) is 0.869. The molecule has 1 fully saturated rings. The maximum atomic E-state index is 12.7. The Balaban J connectivity index is 1.82. The number of rotatable bonds is 3. The van der Waals surface area contributed by atoms with E-state index in [0.29, 0.717) is 27.2 Å². The number of fused-ring (bicyclic) bond motifs is 2. The van der Waals surface area contributed by atoms with Crippen molar-refractivity contribution in [1.82, 2.24) is 0 Å². The predicted molar refractivity (Wildman–Crippen MR) is 95.1 cm³/mol. The fourth-order valence-electron chi connectivity index (χ4n) is 3.24. The summed E-state index contributed by atoms with van der Waals surface area (Å²) >= 11 is 1.84. The van der Waals surface area contributed by atoms with Crippen LogP contribution in [0.4, 0.5) is 0 Å². The molecular weight excluding hydrogens is 324 g/mol. The monoisotopic (exact) mass is 340 g/mol. The topological polar surface area (TPSA) is 67.5 Å². The third-order valence-corrected chi connectivity index (χ3v) is 5.82. The third kappa shape index (κ3) is 2.69. The van der Waals surface area contributed by atoms with Gasteiger partial charge in [0.2, 0.25) is 5.43 Å². The second-order valence-corrected chi connectivity index (χ2v) is 7.50. The van der Waals surface area contributed by atoms with Gasteiger partial charge in [-0.3, -0.25) is 4.79 Å². The highest BCUT2D eigenvalue weighted by Crippen LogP contribution is 2.35. The van der Waals surface area contributed by atoms with E-state index in [1.54, 1.807) is 12.1 Å². The summed E-state index contributed by atoms with van der Waals surface area (Å²) in [7, 11) is 0. The van der Waals surface area contributed by atoms with Crippen LogP contribution >= 0.6 is 11.8 Å². The summed E-state index contributed by atoms with van der Waals surface area (Å²) < 4.78 is 5.86. The molecule has 1 aromatic heterocycles. The first-order valence-corrected chi connectivity index (χ1v) is 8.90. The Kier molecular flexibility index (Phi) is 3.81. The average molecular weight is 340 g/mol. The Morgan fingerprint density at radius 1 is 1.04 bits per heavy atom. The Morgan fingerprint density at radius 2 is 1.83 bits per heavy atom. The first-order chi connectivity index (χ1) is 11.6.